The first-order valence-corrected chi connectivity index (χ1v) is 7.18. The van der Waals surface area contributed by atoms with Crippen LogP contribution in [0.5, 0.6) is 0 Å². The second-order valence-electron chi connectivity index (χ2n) is 5.21. The monoisotopic (exact) mass is 277 g/mol. The van der Waals surface area contributed by atoms with E-state index >= 15 is 0 Å². The van der Waals surface area contributed by atoms with Gasteiger partial charge in [-0.2, -0.15) is 4.98 Å². The second kappa shape index (κ2) is 6.54. The molecule has 1 aliphatic heterocycles. The number of anilines is 2. The zero-order valence-electron chi connectivity index (χ0n) is 12.5. The Kier molecular flexibility index (Phi) is 4.76. The molecular formula is C14H23N5O. The lowest BCUT2D eigenvalue weighted by Crippen LogP contribution is -2.34. The number of aromatic nitrogens is 2. The fraction of sp³-hybridized carbons (Fsp3) is 0.643. The Bertz CT molecular complexity index is 477. The van der Waals surface area contributed by atoms with Crippen LogP contribution in [-0.4, -0.2) is 54.0 Å². The van der Waals surface area contributed by atoms with Crippen molar-refractivity contribution in [3.05, 3.63) is 11.8 Å². The van der Waals surface area contributed by atoms with Crippen molar-refractivity contribution in [2.75, 3.05) is 43.4 Å². The summed E-state index contributed by atoms with van der Waals surface area (Å²) in [6.45, 7) is 6.95. The van der Waals surface area contributed by atoms with Crippen molar-refractivity contribution in [2.24, 2.45) is 0 Å². The Morgan fingerprint density at radius 3 is 2.90 bits per heavy atom. The van der Waals surface area contributed by atoms with Crippen LogP contribution >= 0.6 is 0 Å². The van der Waals surface area contributed by atoms with Crippen LogP contribution in [0.3, 0.4) is 0 Å². The van der Waals surface area contributed by atoms with Crippen molar-refractivity contribution in [3.8, 4) is 0 Å². The van der Waals surface area contributed by atoms with Crippen molar-refractivity contribution in [1.29, 1.82) is 0 Å². The van der Waals surface area contributed by atoms with Gasteiger partial charge in [-0.15, -0.1) is 0 Å². The van der Waals surface area contributed by atoms with Crippen LogP contribution in [0.1, 0.15) is 25.5 Å². The summed E-state index contributed by atoms with van der Waals surface area (Å²) in [4.78, 5) is 24.7. The zero-order valence-corrected chi connectivity index (χ0v) is 12.5. The maximum atomic E-state index is 12.0. The Morgan fingerprint density at radius 2 is 2.15 bits per heavy atom. The molecule has 20 heavy (non-hydrogen) atoms. The summed E-state index contributed by atoms with van der Waals surface area (Å²) in [7, 11) is 1.85. The number of carbonyl (C=O) groups is 1. The third kappa shape index (κ3) is 3.59. The molecule has 1 fully saturated rings. The highest BCUT2D eigenvalue weighted by molar-refractivity contribution is 5.81. The molecule has 6 heteroatoms. The van der Waals surface area contributed by atoms with Gasteiger partial charge >= 0.3 is 0 Å². The van der Waals surface area contributed by atoms with Gasteiger partial charge in [0.05, 0.1) is 6.54 Å². The van der Waals surface area contributed by atoms with Gasteiger partial charge in [-0.3, -0.25) is 4.79 Å². The SMILES string of the molecule is CCCNc1nc(C)cc(N2CCCN(C)C(=O)C2)n1. The lowest BCUT2D eigenvalue weighted by molar-refractivity contribution is -0.127. The molecule has 0 aliphatic carbocycles. The molecule has 2 rings (SSSR count). The van der Waals surface area contributed by atoms with Gasteiger partial charge in [0, 0.05) is 38.4 Å². The maximum absolute atomic E-state index is 12.0. The van der Waals surface area contributed by atoms with Gasteiger partial charge in [0.15, 0.2) is 0 Å². The largest absolute Gasteiger partial charge is 0.354 e. The summed E-state index contributed by atoms with van der Waals surface area (Å²) in [6.07, 6.45) is 1.99. The first-order valence-electron chi connectivity index (χ1n) is 7.18. The van der Waals surface area contributed by atoms with Crippen molar-refractivity contribution < 1.29 is 4.79 Å². The number of hydrogen-bond donors (Lipinski definition) is 1. The van der Waals surface area contributed by atoms with Crippen LogP contribution < -0.4 is 10.2 Å². The molecule has 1 aromatic heterocycles. The van der Waals surface area contributed by atoms with E-state index in [2.05, 4.69) is 22.2 Å². The Balaban J connectivity index is 2.18. The summed E-state index contributed by atoms with van der Waals surface area (Å²) in [6, 6.07) is 1.94. The fourth-order valence-electron chi connectivity index (χ4n) is 2.21. The van der Waals surface area contributed by atoms with E-state index in [0.29, 0.717) is 12.5 Å². The highest BCUT2D eigenvalue weighted by Gasteiger charge is 2.20. The van der Waals surface area contributed by atoms with E-state index in [0.717, 1.165) is 44.0 Å². The summed E-state index contributed by atoms with van der Waals surface area (Å²) >= 11 is 0. The van der Waals surface area contributed by atoms with Crippen LogP contribution in [0, 0.1) is 6.92 Å². The van der Waals surface area contributed by atoms with Crippen LogP contribution in [0.25, 0.3) is 0 Å². The summed E-state index contributed by atoms with van der Waals surface area (Å²) in [5.74, 6) is 1.62. The molecule has 6 nitrogen and oxygen atoms in total. The number of hydrogen-bond acceptors (Lipinski definition) is 5. The zero-order chi connectivity index (χ0) is 14.5. The van der Waals surface area contributed by atoms with E-state index in [1.165, 1.54) is 0 Å². The molecule has 1 N–H and O–H groups in total. The minimum absolute atomic E-state index is 0.141. The molecule has 0 atom stereocenters. The Morgan fingerprint density at radius 1 is 1.35 bits per heavy atom. The first-order chi connectivity index (χ1) is 9.60. The van der Waals surface area contributed by atoms with Gasteiger partial charge in [0.25, 0.3) is 0 Å². The van der Waals surface area contributed by atoms with Gasteiger partial charge in [-0.25, -0.2) is 4.98 Å². The average molecular weight is 277 g/mol. The van der Waals surface area contributed by atoms with E-state index in [1.54, 1.807) is 4.90 Å². The van der Waals surface area contributed by atoms with Crippen LogP contribution in [0.2, 0.25) is 0 Å². The second-order valence-corrected chi connectivity index (χ2v) is 5.21. The fourth-order valence-corrected chi connectivity index (χ4v) is 2.21. The van der Waals surface area contributed by atoms with Gasteiger partial charge in [-0.1, -0.05) is 6.92 Å². The van der Waals surface area contributed by atoms with E-state index < -0.39 is 0 Å². The summed E-state index contributed by atoms with van der Waals surface area (Å²) < 4.78 is 0. The molecule has 2 heterocycles. The summed E-state index contributed by atoms with van der Waals surface area (Å²) in [5.41, 5.74) is 0.915. The van der Waals surface area contributed by atoms with Crippen LogP contribution in [0.4, 0.5) is 11.8 Å². The minimum atomic E-state index is 0.141. The maximum Gasteiger partial charge on any atom is 0.241 e. The van der Waals surface area contributed by atoms with Crippen molar-refractivity contribution in [1.82, 2.24) is 14.9 Å². The predicted octanol–water partition coefficient (Wildman–Crippen LogP) is 1.28. The highest BCUT2D eigenvalue weighted by atomic mass is 16.2. The molecule has 1 aliphatic rings. The van der Waals surface area contributed by atoms with E-state index in [4.69, 9.17) is 0 Å². The molecule has 1 amide bonds. The number of nitrogens with zero attached hydrogens (tertiary/aromatic N) is 4. The van der Waals surface area contributed by atoms with Crippen LogP contribution in [0.15, 0.2) is 6.07 Å². The van der Waals surface area contributed by atoms with Crippen molar-refractivity contribution >= 4 is 17.7 Å². The third-order valence-corrected chi connectivity index (χ3v) is 3.37. The van der Waals surface area contributed by atoms with E-state index in [9.17, 15) is 4.79 Å². The minimum Gasteiger partial charge on any atom is -0.354 e. The summed E-state index contributed by atoms with van der Waals surface area (Å²) in [5, 5.41) is 3.21. The quantitative estimate of drug-likeness (QED) is 0.898. The van der Waals surface area contributed by atoms with Gasteiger partial charge in [0.2, 0.25) is 11.9 Å². The molecule has 1 saturated heterocycles. The predicted molar refractivity (Wildman–Crippen MR) is 80.0 cm³/mol. The molecule has 1 aromatic rings. The van der Waals surface area contributed by atoms with Crippen molar-refractivity contribution in [3.63, 3.8) is 0 Å². The Hall–Kier alpha value is -1.85. The molecule has 0 bridgehead atoms. The van der Waals surface area contributed by atoms with Gasteiger partial charge in [-0.05, 0) is 19.8 Å². The third-order valence-electron chi connectivity index (χ3n) is 3.37. The number of likely N-dealkylation sites (N-methyl/N-ethyl adjacent to an activating group) is 1. The molecule has 0 unspecified atom stereocenters. The molecule has 0 saturated carbocycles. The van der Waals surface area contributed by atoms with Crippen molar-refractivity contribution in [2.45, 2.75) is 26.7 Å². The molecule has 0 spiro atoms. The molecular weight excluding hydrogens is 254 g/mol. The van der Waals surface area contributed by atoms with Crippen LogP contribution in [-0.2, 0) is 4.79 Å². The Labute approximate surface area is 120 Å². The standard InChI is InChI=1S/C14H23N5O/c1-4-6-15-14-16-11(2)9-12(17-14)19-8-5-7-18(3)13(20)10-19/h9H,4-8,10H2,1-3H3,(H,15,16,17). The van der Waals surface area contributed by atoms with Gasteiger partial charge < -0.3 is 15.1 Å². The first kappa shape index (κ1) is 14.6. The van der Waals surface area contributed by atoms with Gasteiger partial charge in [0.1, 0.15) is 5.82 Å². The lowest BCUT2D eigenvalue weighted by atomic mass is 10.3. The number of amides is 1. The normalized spacial score (nSPS) is 16.2. The van der Waals surface area contributed by atoms with E-state index in [-0.39, 0.29) is 5.91 Å². The topological polar surface area (TPSA) is 61.4 Å². The average Bonchev–Trinajstić information content (AvgIpc) is 2.58. The molecule has 0 aromatic carbocycles. The lowest BCUT2D eigenvalue weighted by Gasteiger charge is -2.21. The molecule has 110 valence electrons. The molecule has 0 radical (unpaired) electrons. The smallest absolute Gasteiger partial charge is 0.241 e. The number of nitrogens with one attached hydrogen (secondary N) is 1. The number of carbonyl (C=O) groups excluding carboxylic acids is 1. The number of rotatable bonds is 4. The number of aryl methyl sites for hydroxylation is 1. The van der Waals surface area contributed by atoms with E-state index in [1.807, 2.05) is 24.9 Å². The highest BCUT2D eigenvalue weighted by Crippen LogP contribution is 2.17.